The van der Waals surface area contributed by atoms with Gasteiger partial charge in [-0.1, -0.05) is 48.5 Å². The maximum atomic E-state index is 11.6. The molecule has 4 aromatic carbocycles. The van der Waals surface area contributed by atoms with Gasteiger partial charge >= 0.3 is 5.97 Å². The fraction of sp³-hybridized carbons (Fsp3) is 0. The minimum absolute atomic E-state index is 0.0878. The molecule has 0 atom stereocenters. The molecule has 0 amide bonds. The Labute approximate surface area is 142 Å². The molecule has 4 aromatic rings. The van der Waals surface area contributed by atoms with Gasteiger partial charge in [0.15, 0.2) is 12.6 Å². The van der Waals surface area contributed by atoms with E-state index in [2.05, 4.69) is 0 Å². The molecular weight excluding hydrogens is 316 g/mol. The van der Waals surface area contributed by atoms with E-state index in [-0.39, 0.29) is 16.7 Å². The van der Waals surface area contributed by atoms with Gasteiger partial charge in [0.25, 0.3) is 0 Å². The Kier molecular flexibility index (Phi) is 3.32. The monoisotopic (exact) mass is 328 g/mol. The van der Waals surface area contributed by atoms with Gasteiger partial charge in [0.1, 0.15) is 0 Å². The van der Waals surface area contributed by atoms with Crippen LogP contribution in [0, 0.1) is 0 Å². The Morgan fingerprint density at radius 2 is 1.36 bits per heavy atom. The molecule has 0 aliphatic rings. The standard InChI is InChI=1S/C21H12O4/c22-10-19-16-8-7-14-13-4-2-1-3-12(13)5-6-15(14)17(16)9-18(21(24)25)20(19)11-23/h1-11H,(H,24,25). The summed E-state index contributed by atoms with van der Waals surface area (Å²) in [5.41, 5.74) is -0.139. The average Bonchev–Trinajstić information content (AvgIpc) is 2.65. The first-order valence-corrected chi connectivity index (χ1v) is 7.70. The Bertz CT molecular complexity index is 1210. The number of benzene rings is 4. The number of fused-ring (bicyclic) bond motifs is 5. The van der Waals surface area contributed by atoms with E-state index in [1.54, 1.807) is 6.07 Å². The molecule has 0 radical (unpaired) electrons. The van der Waals surface area contributed by atoms with Gasteiger partial charge in [0.05, 0.1) is 5.56 Å². The molecule has 0 saturated heterocycles. The number of carbonyl (C=O) groups is 3. The summed E-state index contributed by atoms with van der Waals surface area (Å²) in [6, 6.07) is 16.9. The first-order valence-electron chi connectivity index (χ1n) is 7.70. The highest BCUT2D eigenvalue weighted by atomic mass is 16.4. The molecule has 0 aliphatic carbocycles. The van der Waals surface area contributed by atoms with Crippen molar-refractivity contribution in [3.63, 3.8) is 0 Å². The first kappa shape index (κ1) is 15.0. The minimum Gasteiger partial charge on any atom is -0.478 e. The van der Waals surface area contributed by atoms with Crippen molar-refractivity contribution in [1.29, 1.82) is 0 Å². The molecule has 0 aliphatic heterocycles. The summed E-state index contributed by atoms with van der Waals surface area (Å²) >= 11 is 0. The van der Waals surface area contributed by atoms with E-state index >= 15 is 0 Å². The minimum atomic E-state index is -1.23. The topological polar surface area (TPSA) is 71.4 Å². The van der Waals surface area contributed by atoms with Crippen molar-refractivity contribution in [3.8, 4) is 0 Å². The summed E-state index contributed by atoms with van der Waals surface area (Å²) in [5.74, 6) is -1.23. The SMILES string of the molecule is O=Cc1c(C(=O)O)cc2c(ccc3c4ccccc4ccc23)c1C=O. The molecule has 0 aromatic heterocycles. The van der Waals surface area contributed by atoms with E-state index < -0.39 is 5.97 Å². The second-order valence-corrected chi connectivity index (χ2v) is 5.83. The lowest BCUT2D eigenvalue weighted by atomic mass is 9.90. The largest absolute Gasteiger partial charge is 0.478 e. The Morgan fingerprint density at radius 3 is 2.08 bits per heavy atom. The number of carboxylic acid groups (broad SMARTS) is 1. The number of carboxylic acids is 1. The molecule has 4 heteroatoms. The van der Waals surface area contributed by atoms with Crippen LogP contribution in [0.3, 0.4) is 0 Å². The van der Waals surface area contributed by atoms with Gasteiger partial charge in [0.2, 0.25) is 0 Å². The fourth-order valence-electron chi connectivity index (χ4n) is 3.45. The molecular formula is C21H12O4. The maximum absolute atomic E-state index is 11.6. The highest BCUT2D eigenvalue weighted by molar-refractivity contribution is 6.22. The van der Waals surface area contributed by atoms with Crippen molar-refractivity contribution in [2.24, 2.45) is 0 Å². The molecule has 0 spiro atoms. The van der Waals surface area contributed by atoms with E-state index in [1.165, 1.54) is 6.07 Å². The third-order valence-corrected chi connectivity index (χ3v) is 4.59. The summed E-state index contributed by atoms with van der Waals surface area (Å²) in [6.45, 7) is 0. The van der Waals surface area contributed by atoms with E-state index in [1.807, 2.05) is 42.5 Å². The molecule has 25 heavy (non-hydrogen) atoms. The molecule has 1 N–H and O–H groups in total. The highest BCUT2D eigenvalue weighted by Crippen LogP contribution is 2.34. The van der Waals surface area contributed by atoms with Gasteiger partial charge in [-0.05, 0) is 38.4 Å². The van der Waals surface area contributed by atoms with Crippen molar-refractivity contribution in [2.45, 2.75) is 0 Å². The number of hydrogen-bond acceptors (Lipinski definition) is 3. The third-order valence-electron chi connectivity index (χ3n) is 4.59. The number of rotatable bonds is 3. The fourth-order valence-corrected chi connectivity index (χ4v) is 3.45. The molecule has 4 nitrogen and oxygen atoms in total. The van der Waals surface area contributed by atoms with E-state index in [0.717, 1.165) is 21.5 Å². The van der Waals surface area contributed by atoms with Crippen LogP contribution >= 0.6 is 0 Å². The van der Waals surface area contributed by atoms with Crippen molar-refractivity contribution in [3.05, 3.63) is 71.3 Å². The second kappa shape index (κ2) is 5.53. The molecule has 0 saturated carbocycles. The average molecular weight is 328 g/mol. The lowest BCUT2D eigenvalue weighted by Crippen LogP contribution is -2.06. The molecule has 0 bridgehead atoms. The van der Waals surface area contributed by atoms with Crippen LogP contribution in [0.4, 0.5) is 0 Å². The summed E-state index contributed by atoms with van der Waals surface area (Å²) in [4.78, 5) is 34.5. The van der Waals surface area contributed by atoms with Crippen LogP contribution in [-0.4, -0.2) is 23.6 Å². The normalized spacial score (nSPS) is 11.0. The summed E-state index contributed by atoms with van der Waals surface area (Å²) in [5, 5.41) is 14.6. The van der Waals surface area contributed by atoms with E-state index in [9.17, 15) is 19.5 Å². The van der Waals surface area contributed by atoms with E-state index in [4.69, 9.17) is 0 Å². The van der Waals surface area contributed by atoms with Gasteiger partial charge < -0.3 is 5.11 Å². The Balaban J connectivity index is 2.26. The summed E-state index contributed by atoms with van der Waals surface area (Å²) in [6.07, 6.45) is 0.975. The number of carbonyl (C=O) groups excluding carboxylic acids is 2. The van der Waals surface area contributed by atoms with Crippen LogP contribution in [-0.2, 0) is 0 Å². The maximum Gasteiger partial charge on any atom is 0.336 e. The van der Waals surface area contributed by atoms with Crippen molar-refractivity contribution >= 4 is 50.9 Å². The molecule has 120 valence electrons. The zero-order valence-corrected chi connectivity index (χ0v) is 13.0. The van der Waals surface area contributed by atoms with Gasteiger partial charge in [-0.25, -0.2) is 4.79 Å². The van der Waals surface area contributed by atoms with Gasteiger partial charge in [0, 0.05) is 11.1 Å². The Hall–Kier alpha value is -3.53. The van der Waals surface area contributed by atoms with Crippen LogP contribution in [0.2, 0.25) is 0 Å². The molecule has 4 rings (SSSR count). The predicted molar refractivity (Wildman–Crippen MR) is 96.7 cm³/mol. The van der Waals surface area contributed by atoms with Gasteiger partial charge in [-0.15, -0.1) is 0 Å². The first-order chi connectivity index (χ1) is 12.2. The number of aromatic carboxylic acids is 1. The molecule has 0 heterocycles. The quantitative estimate of drug-likeness (QED) is 0.445. The van der Waals surface area contributed by atoms with Gasteiger partial charge in [-0.3, -0.25) is 9.59 Å². The van der Waals surface area contributed by atoms with Gasteiger partial charge in [-0.2, -0.15) is 0 Å². The number of hydrogen-bond donors (Lipinski definition) is 1. The van der Waals surface area contributed by atoms with Crippen LogP contribution in [0.15, 0.2) is 54.6 Å². The van der Waals surface area contributed by atoms with Crippen LogP contribution in [0.1, 0.15) is 31.1 Å². The second-order valence-electron chi connectivity index (χ2n) is 5.83. The summed E-state index contributed by atoms with van der Waals surface area (Å²) < 4.78 is 0. The van der Waals surface area contributed by atoms with E-state index in [0.29, 0.717) is 23.3 Å². The number of aldehydes is 2. The van der Waals surface area contributed by atoms with Crippen LogP contribution in [0.5, 0.6) is 0 Å². The lowest BCUT2D eigenvalue weighted by molar-refractivity contribution is 0.0694. The Morgan fingerprint density at radius 1 is 0.720 bits per heavy atom. The van der Waals surface area contributed by atoms with Crippen LogP contribution in [0.25, 0.3) is 32.3 Å². The van der Waals surface area contributed by atoms with Crippen molar-refractivity contribution in [1.82, 2.24) is 0 Å². The van der Waals surface area contributed by atoms with Crippen molar-refractivity contribution < 1.29 is 19.5 Å². The predicted octanol–water partition coefficient (Wildman–Crippen LogP) is 4.47. The highest BCUT2D eigenvalue weighted by Gasteiger charge is 2.18. The van der Waals surface area contributed by atoms with Crippen LogP contribution < -0.4 is 0 Å². The zero-order chi connectivity index (χ0) is 17.6. The lowest BCUT2D eigenvalue weighted by Gasteiger charge is -2.12. The van der Waals surface area contributed by atoms with Crippen molar-refractivity contribution in [2.75, 3.05) is 0 Å². The zero-order valence-electron chi connectivity index (χ0n) is 13.0. The third kappa shape index (κ3) is 2.11. The molecule has 0 fully saturated rings. The summed E-state index contributed by atoms with van der Waals surface area (Å²) in [7, 11) is 0. The smallest absolute Gasteiger partial charge is 0.336 e. The molecule has 0 unspecified atom stereocenters.